The highest BCUT2D eigenvalue weighted by atomic mass is 16.5. The van der Waals surface area contributed by atoms with Gasteiger partial charge in [0.25, 0.3) is 0 Å². The van der Waals surface area contributed by atoms with Gasteiger partial charge in [0.05, 0.1) is 20.6 Å². The molecular formula is C15H19N3O4. The van der Waals surface area contributed by atoms with Crippen LogP contribution in [0, 0.1) is 0 Å². The maximum Gasteiger partial charge on any atom is 0.308 e. The van der Waals surface area contributed by atoms with Gasteiger partial charge in [-0.05, 0) is 24.1 Å². The molecule has 118 valence electrons. The number of nitrogens with zero attached hydrogens (tertiary/aromatic N) is 2. The molecule has 1 N–H and O–H groups in total. The Hall–Kier alpha value is -2.57. The van der Waals surface area contributed by atoms with E-state index in [2.05, 4.69) is 15.5 Å². The van der Waals surface area contributed by atoms with E-state index in [0.717, 1.165) is 12.0 Å². The molecule has 0 bridgehead atoms. The minimum absolute atomic E-state index is 0.0241. The Morgan fingerprint density at radius 2 is 2.00 bits per heavy atom. The van der Waals surface area contributed by atoms with Gasteiger partial charge >= 0.3 is 11.8 Å². The molecule has 22 heavy (non-hydrogen) atoms. The van der Waals surface area contributed by atoms with Crippen molar-refractivity contribution < 1.29 is 18.7 Å². The Morgan fingerprint density at radius 1 is 1.23 bits per heavy atom. The number of benzene rings is 1. The van der Waals surface area contributed by atoms with Crippen molar-refractivity contribution in [3.63, 3.8) is 0 Å². The fourth-order valence-electron chi connectivity index (χ4n) is 1.90. The molecule has 0 aliphatic carbocycles. The molecule has 0 aliphatic rings. The molecule has 7 nitrogen and oxygen atoms in total. The largest absolute Gasteiger partial charge is 0.493 e. The second-order valence-corrected chi connectivity index (χ2v) is 4.62. The predicted octanol–water partition coefficient (Wildman–Crippen LogP) is 1.82. The molecule has 0 radical (unpaired) electrons. The van der Waals surface area contributed by atoms with E-state index < -0.39 is 0 Å². The van der Waals surface area contributed by atoms with Crippen LogP contribution < -0.4 is 14.8 Å². The van der Waals surface area contributed by atoms with Crippen LogP contribution in [0.15, 0.2) is 22.6 Å². The third-order valence-electron chi connectivity index (χ3n) is 3.00. The molecule has 0 saturated heterocycles. The number of hydrogen-bond acceptors (Lipinski definition) is 6. The second-order valence-electron chi connectivity index (χ2n) is 4.62. The summed E-state index contributed by atoms with van der Waals surface area (Å²) in [6.45, 7) is 2.54. The van der Waals surface area contributed by atoms with Crippen molar-refractivity contribution in [1.82, 2.24) is 15.5 Å². The van der Waals surface area contributed by atoms with Crippen LogP contribution >= 0.6 is 0 Å². The van der Waals surface area contributed by atoms with Crippen LogP contribution in [0.3, 0.4) is 0 Å². The van der Waals surface area contributed by atoms with Crippen molar-refractivity contribution >= 4 is 5.91 Å². The molecule has 1 heterocycles. The average molecular weight is 305 g/mol. The van der Waals surface area contributed by atoms with E-state index in [9.17, 15) is 4.79 Å². The first kappa shape index (κ1) is 15.8. The van der Waals surface area contributed by atoms with E-state index in [1.165, 1.54) is 0 Å². The van der Waals surface area contributed by atoms with E-state index in [-0.39, 0.29) is 11.8 Å². The summed E-state index contributed by atoms with van der Waals surface area (Å²) < 4.78 is 15.8. The second kappa shape index (κ2) is 7.44. The summed E-state index contributed by atoms with van der Waals surface area (Å²) in [5, 5.41) is 10.3. The summed E-state index contributed by atoms with van der Waals surface area (Å²) in [6.07, 6.45) is 1.26. The number of aromatic nitrogens is 2. The van der Waals surface area contributed by atoms with Gasteiger partial charge in [0, 0.05) is 6.54 Å². The Bertz CT molecular complexity index is 639. The SMILES string of the molecule is CCCNC(=O)c1nnc(Cc2ccc(OC)c(OC)c2)o1. The molecule has 0 fully saturated rings. The van der Waals surface area contributed by atoms with Crippen LogP contribution in [0.1, 0.15) is 35.5 Å². The lowest BCUT2D eigenvalue weighted by Gasteiger charge is -2.08. The molecule has 2 aromatic rings. The maximum absolute atomic E-state index is 11.7. The number of carbonyl (C=O) groups is 1. The third kappa shape index (κ3) is 3.75. The normalized spacial score (nSPS) is 10.3. The van der Waals surface area contributed by atoms with Gasteiger partial charge in [-0.25, -0.2) is 0 Å². The summed E-state index contributed by atoms with van der Waals surface area (Å²) in [5.41, 5.74) is 0.918. The van der Waals surface area contributed by atoms with Gasteiger partial charge in [0.15, 0.2) is 11.5 Å². The van der Waals surface area contributed by atoms with Crippen molar-refractivity contribution in [2.45, 2.75) is 19.8 Å². The molecule has 0 unspecified atom stereocenters. The van der Waals surface area contributed by atoms with Crippen molar-refractivity contribution in [2.75, 3.05) is 20.8 Å². The highest BCUT2D eigenvalue weighted by molar-refractivity contribution is 5.89. The summed E-state index contributed by atoms with van der Waals surface area (Å²) in [7, 11) is 3.15. The molecule has 1 aromatic heterocycles. The highest BCUT2D eigenvalue weighted by Crippen LogP contribution is 2.28. The van der Waals surface area contributed by atoms with Gasteiger partial charge in [-0.2, -0.15) is 0 Å². The number of nitrogens with one attached hydrogen (secondary N) is 1. The number of amides is 1. The Morgan fingerprint density at radius 3 is 2.68 bits per heavy atom. The van der Waals surface area contributed by atoms with E-state index in [0.29, 0.717) is 30.4 Å². The molecular weight excluding hydrogens is 286 g/mol. The highest BCUT2D eigenvalue weighted by Gasteiger charge is 2.15. The summed E-state index contributed by atoms with van der Waals surface area (Å²) in [6, 6.07) is 5.52. The van der Waals surface area contributed by atoms with Crippen LogP contribution in [0.4, 0.5) is 0 Å². The smallest absolute Gasteiger partial charge is 0.308 e. The molecule has 0 spiro atoms. The molecule has 0 aliphatic heterocycles. The molecule has 7 heteroatoms. The first-order valence-corrected chi connectivity index (χ1v) is 6.99. The zero-order valence-corrected chi connectivity index (χ0v) is 12.9. The number of carbonyl (C=O) groups excluding carboxylic acids is 1. The Kier molecular flexibility index (Phi) is 5.35. The van der Waals surface area contributed by atoms with Gasteiger partial charge in [-0.3, -0.25) is 4.79 Å². The van der Waals surface area contributed by atoms with Crippen LogP contribution in [0.2, 0.25) is 0 Å². The summed E-state index contributed by atoms with van der Waals surface area (Å²) in [5.74, 6) is 1.27. The summed E-state index contributed by atoms with van der Waals surface area (Å²) >= 11 is 0. The fourth-order valence-corrected chi connectivity index (χ4v) is 1.90. The molecule has 0 atom stereocenters. The zero-order valence-electron chi connectivity index (χ0n) is 12.9. The summed E-state index contributed by atoms with van der Waals surface area (Å²) in [4.78, 5) is 11.7. The minimum atomic E-state index is -0.354. The van der Waals surface area contributed by atoms with E-state index in [1.54, 1.807) is 20.3 Å². The van der Waals surface area contributed by atoms with Gasteiger partial charge in [0.2, 0.25) is 5.89 Å². The topological polar surface area (TPSA) is 86.5 Å². The minimum Gasteiger partial charge on any atom is -0.493 e. The van der Waals surface area contributed by atoms with Gasteiger partial charge < -0.3 is 19.2 Å². The molecule has 2 rings (SSSR count). The van der Waals surface area contributed by atoms with E-state index in [4.69, 9.17) is 13.9 Å². The predicted molar refractivity (Wildman–Crippen MR) is 79.3 cm³/mol. The molecule has 0 saturated carbocycles. The van der Waals surface area contributed by atoms with Crippen LogP contribution in [-0.4, -0.2) is 36.9 Å². The van der Waals surface area contributed by atoms with Crippen molar-refractivity contribution in [3.8, 4) is 11.5 Å². The number of hydrogen-bond donors (Lipinski definition) is 1. The third-order valence-corrected chi connectivity index (χ3v) is 3.00. The Labute approximate surface area is 128 Å². The monoisotopic (exact) mass is 305 g/mol. The number of ether oxygens (including phenoxy) is 2. The van der Waals surface area contributed by atoms with Gasteiger partial charge in [-0.1, -0.05) is 13.0 Å². The van der Waals surface area contributed by atoms with Crippen LogP contribution in [0.25, 0.3) is 0 Å². The first-order chi connectivity index (χ1) is 10.7. The zero-order chi connectivity index (χ0) is 15.9. The van der Waals surface area contributed by atoms with Gasteiger partial charge in [0.1, 0.15) is 0 Å². The van der Waals surface area contributed by atoms with Crippen molar-refractivity contribution in [2.24, 2.45) is 0 Å². The van der Waals surface area contributed by atoms with E-state index >= 15 is 0 Å². The lowest BCUT2D eigenvalue weighted by Crippen LogP contribution is -2.24. The lowest BCUT2D eigenvalue weighted by atomic mass is 10.1. The van der Waals surface area contributed by atoms with Gasteiger partial charge in [-0.15, -0.1) is 10.2 Å². The van der Waals surface area contributed by atoms with E-state index in [1.807, 2.05) is 19.1 Å². The standard InChI is InChI=1S/C15H19N3O4/c1-4-7-16-14(19)15-18-17-13(22-15)9-10-5-6-11(20-2)12(8-10)21-3/h5-6,8H,4,7,9H2,1-3H3,(H,16,19). The fraction of sp³-hybridized carbons (Fsp3) is 0.400. The molecule has 1 aromatic carbocycles. The first-order valence-electron chi connectivity index (χ1n) is 6.99. The van der Waals surface area contributed by atoms with Crippen LogP contribution in [0.5, 0.6) is 11.5 Å². The Balaban J connectivity index is 2.08. The van der Waals surface area contributed by atoms with Crippen molar-refractivity contribution in [1.29, 1.82) is 0 Å². The maximum atomic E-state index is 11.7. The lowest BCUT2D eigenvalue weighted by molar-refractivity contribution is 0.0917. The average Bonchev–Trinajstić information content (AvgIpc) is 3.01. The number of rotatable bonds is 7. The molecule has 1 amide bonds. The quantitative estimate of drug-likeness (QED) is 0.839. The van der Waals surface area contributed by atoms with Crippen molar-refractivity contribution in [3.05, 3.63) is 35.5 Å². The van der Waals surface area contributed by atoms with Crippen LogP contribution in [-0.2, 0) is 6.42 Å². The number of methoxy groups -OCH3 is 2.